The molecule has 2 rings (SSSR count). The Kier molecular flexibility index (Phi) is 4.86. The van der Waals surface area contributed by atoms with E-state index in [1.807, 2.05) is 42.1 Å². The first-order chi connectivity index (χ1) is 8.27. The van der Waals surface area contributed by atoms with Gasteiger partial charge in [0.05, 0.1) is 6.10 Å². The van der Waals surface area contributed by atoms with E-state index in [-0.39, 0.29) is 6.04 Å². The monoisotopic (exact) mass is 252 g/mol. The van der Waals surface area contributed by atoms with Gasteiger partial charge in [0, 0.05) is 37.2 Å². The third-order valence-electron chi connectivity index (χ3n) is 3.12. The van der Waals surface area contributed by atoms with Crippen LogP contribution in [0.1, 0.15) is 11.7 Å². The Hall–Kier alpha value is -0.550. The Morgan fingerprint density at radius 2 is 1.88 bits per heavy atom. The van der Waals surface area contributed by atoms with Gasteiger partial charge in [-0.15, -0.1) is 0 Å². The highest BCUT2D eigenvalue weighted by Gasteiger charge is 2.20. The first kappa shape index (κ1) is 12.9. The van der Waals surface area contributed by atoms with Gasteiger partial charge in [-0.2, -0.15) is 11.8 Å². The third-order valence-corrected chi connectivity index (χ3v) is 4.06. The van der Waals surface area contributed by atoms with Crippen molar-refractivity contribution >= 4 is 11.8 Å². The Morgan fingerprint density at radius 1 is 1.24 bits per heavy atom. The molecule has 1 aliphatic rings. The van der Waals surface area contributed by atoms with Gasteiger partial charge in [-0.3, -0.25) is 0 Å². The fourth-order valence-corrected chi connectivity index (χ4v) is 3.06. The summed E-state index contributed by atoms with van der Waals surface area (Å²) in [6, 6.07) is 9.46. The van der Waals surface area contributed by atoms with E-state index in [2.05, 4.69) is 4.90 Å². The molecule has 0 aliphatic carbocycles. The number of nitrogens with zero attached hydrogens (tertiary/aromatic N) is 1. The largest absolute Gasteiger partial charge is 0.387 e. The number of hydrogen-bond acceptors (Lipinski definition) is 4. The molecule has 2 atom stereocenters. The molecule has 0 spiro atoms. The number of thioether (sulfide) groups is 1. The number of aliphatic hydroxyl groups excluding tert-OH is 1. The molecular weight excluding hydrogens is 232 g/mol. The summed E-state index contributed by atoms with van der Waals surface area (Å²) in [5.41, 5.74) is 6.99. The Bertz CT molecular complexity index is 327. The zero-order valence-corrected chi connectivity index (χ0v) is 10.8. The van der Waals surface area contributed by atoms with Crippen molar-refractivity contribution in [3.8, 4) is 0 Å². The van der Waals surface area contributed by atoms with Crippen LogP contribution in [0.5, 0.6) is 0 Å². The molecule has 0 radical (unpaired) electrons. The van der Waals surface area contributed by atoms with Crippen molar-refractivity contribution < 1.29 is 5.11 Å². The SMILES string of the molecule is N[C@H](CN1CCSCC1)[C@H](O)c1ccccc1. The number of benzene rings is 1. The predicted molar refractivity (Wildman–Crippen MR) is 73.1 cm³/mol. The maximum absolute atomic E-state index is 10.2. The highest BCUT2D eigenvalue weighted by atomic mass is 32.2. The molecular formula is C13H20N2OS. The summed E-state index contributed by atoms with van der Waals surface area (Å²) in [6.07, 6.45) is -0.564. The van der Waals surface area contributed by atoms with E-state index in [0.29, 0.717) is 0 Å². The summed E-state index contributed by atoms with van der Waals surface area (Å²) in [4.78, 5) is 2.34. The second-order valence-corrected chi connectivity index (χ2v) is 5.66. The second kappa shape index (κ2) is 6.40. The molecule has 1 aliphatic heterocycles. The van der Waals surface area contributed by atoms with E-state index < -0.39 is 6.10 Å². The van der Waals surface area contributed by atoms with Crippen molar-refractivity contribution in [2.45, 2.75) is 12.1 Å². The van der Waals surface area contributed by atoms with Crippen molar-refractivity contribution in [1.82, 2.24) is 4.90 Å². The zero-order chi connectivity index (χ0) is 12.1. The highest BCUT2D eigenvalue weighted by molar-refractivity contribution is 7.99. The minimum absolute atomic E-state index is 0.208. The molecule has 3 nitrogen and oxygen atoms in total. The van der Waals surface area contributed by atoms with E-state index in [4.69, 9.17) is 5.73 Å². The number of hydrogen-bond donors (Lipinski definition) is 2. The van der Waals surface area contributed by atoms with Gasteiger partial charge in [0.25, 0.3) is 0 Å². The van der Waals surface area contributed by atoms with Gasteiger partial charge in [-0.1, -0.05) is 30.3 Å². The smallest absolute Gasteiger partial charge is 0.0953 e. The lowest BCUT2D eigenvalue weighted by molar-refractivity contribution is 0.122. The standard InChI is InChI=1S/C13H20N2OS/c14-12(10-15-6-8-17-9-7-15)13(16)11-4-2-1-3-5-11/h1-5,12-13,16H,6-10,14H2/t12-,13-/m1/s1. The topological polar surface area (TPSA) is 49.5 Å². The van der Waals surface area contributed by atoms with Gasteiger partial charge in [0.15, 0.2) is 0 Å². The minimum Gasteiger partial charge on any atom is -0.387 e. The van der Waals surface area contributed by atoms with Crippen LogP contribution < -0.4 is 5.73 Å². The second-order valence-electron chi connectivity index (χ2n) is 4.43. The van der Waals surface area contributed by atoms with E-state index in [1.54, 1.807) is 0 Å². The predicted octanol–water partition coefficient (Wildman–Crippen LogP) is 1.10. The van der Waals surface area contributed by atoms with Gasteiger partial charge in [-0.25, -0.2) is 0 Å². The quantitative estimate of drug-likeness (QED) is 0.842. The zero-order valence-electron chi connectivity index (χ0n) is 9.96. The van der Waals surface area contributed by atoms with Gasteiger partial charge >= 0.3 is 0 Å². The third kappa shape index (κ3) is 3.71. The number of nitrogens with two attached hydrogens (primary N) is 1. The number of aliphatic hydroxyl groups is 1. The average molecular weight is 252 g/mol. The van der Waals surface area contributed by atoms with Crippen molar-refractivity contribution in [1.29, 1.82) is 0 Å². The molecule has 0 bridgehead atoms. The molecule has 1 saturated heterocycles. The van der Waals surface area contributed by atoms with Crippen LogP contribution in [-0.2, 0) is 0 Å². The van der Waals surface area contributed by atoms with Crippen LogP contribution in [0.3, 0.4) is 0 Å². The molecule has 1 aromatic carbocycles. The Morgan fingerprint density at radius 3 is 2.53 bits per heavy atom. The highest BCUT2D eigenvalue weighted by Crippen LogP contribution is 2.17. The molecule has 0 saturated carbocycles. The maximum Gasteiger partial charge on any atom is 0.0953 e. The van der Waals surface area contributed by atoms with Crippen LogP contribution in [0.4, 0.5) is 0 Å². The van der Waals surface area contributed by atoms with Crippen LogP contribution in [0.25, 0.3) is 0 Å². The average Bonchev–Trinajstić information content (AvgIpc) is 2.40. The van der Waals surface area contributed by atoms with Crippen LogP contribution in [0, 0.1) is 0 Å². The molecule has 0 aromatic heterocycles. The van der Waals surface area contributed by atoms with E-state index >= 15 is 0 Å². The molecule has 17 heavy (non-hydrogen) atoms. The van der Waals surface area contributed by atoms with Gasteiger partial charge in [0.1, 0.15) is 0 Å². The summed E-state index contributed by atoms with van der Waals surface area (Å²) >= 11 is 1.99. The number of rotatable bonds is 4. The molecule has 4 heteroatoms. The van der Waals surface area contributed by atoms with E-state index in [0.717, 1.165) is 25.2 Å². The maximum atomic E-state index is 10.2. The van der Waals surface area contributed by atoms with E-state index in [9.17, 15) is 5.11 Å². The molecule has 1 fully saturated rings. The van der Waals surface area contributed by atoms with Crippen molar-refractivity contribution in [3.63, 3.8) is 0 Å². The lowest BCUT2D eigenvalue weighted by atomic mass is 10.0. The molecule has 0 amide bonds. The first-order valence-corrected chi connectivity index (χ1v) is 7.21. The van der Waals surface area contributed by atoms with Crippen LogP contribution in [0.15, 0.2) is 30.3 Å². The molecule has 3 N–H and O–H groups in total. The van der Waals surface area contributed by atoms with E-state index in [1.165, 1.54) is 11.5 Å². The summed E-state index contributed by atoms with van der Waals surface area (Å²) in [7, 11) is 0. The lowest BCUT2D eigenvalue weighted by Gasteiger charge is -2.30. The van der Waals surface area contributed by atoms with Crippen LogP contribution in [-0.4, -0.2) is 47.2 Å². The fourth-order valence-electron chi connectivity index (χ4n) is 2.08. The minimum atomic E-state index is -0.564. The normalized spacial score (nSPS) is 21.1. The van der Waals surface area contributed by atoms with Crippen molar-refractivity contribution in [2.24, 2.45) is 5.73 Å². The first-order valence-electron chi connectivity index (χ1n) is 6.06. The van der Waals surface area contributed by atoms with Gasteiger partial charge in [0.2, 0.25) is 0 Å². The summed E-state index contributed by atoms with van der Waals surface area (Å²) in [6.45, 7) is 2.94. The van der Waals surface area contributed by atoms with Gasteiger partial charge in [-0.05, 0) is 5.56 Å². The summed E-state index contributed by atoms with van der Waals surface area (Å²) in [5, 5.41) is 10.2. The van der Waals surface area contributed by atoms with Gasteiger partial charge < -0.3 is 15.7 Å². The van der Waals surface area contributed by atoms with Crippen molar-refractivity contribution in [3.05, 3.63) is 35.9 Å². The summed E-state index contributed by atoms with van der Waals surface area (Å²) in [5.74, 6) is 2.35. The lowest BCUT2D eigenvalue weighted by Crippen LogP contribution is -2.44. The molecule has 1 aromatic rings. The van der Waals surface area contributed by atoms with Crippen LogP contribution in [0.2, 0.25) is 0 Å². The Balaban J connectivity index is 1.88. The molecule has 0 unspecified atom stereocenters. The van der Waals surface area contributed by atoms with Crippen molar-refractivity contribution in [2.75, 3.05) is 31.1 Å². The molecule has 1 heterocycles. The fraction of sp³-hybridized carbons (Fsp3) is 0.538. The summed E-state index contributed by atoms with van der Waals surface area (Å²) < 4.78 is 0. The molecule has 94 valence electrons. The Labute approximate surface area is 107 Å². The van der Waals surface area contributed by atoms with Crippen LogP contribution >= 0.6 is 11.8 Å².